The molecule has 2 aromatic carbocycles. The summed E-state index contributed by atoms with van der Waals surface area (Å²) in [5.41, 5.74) is 8.14. The molecular formula is C35H40F3N7O4. The van der Waals surface area contributed by atoms with E-state index < -0.39 is 12.3 Å². The van der Waals surface area contributed by atoms with Gasteiger partial charge in [0.15, 0.2) is 0 Å². The minimum Gasteiger partial charge on any atom is -0.494 e. The Kier molecular flexibility index (Phi) is 9.68. The van der Waals surface area contributed by atoms with Crippen molar-refractivity contribution in [2.45, 2.75) is 58.4 Å². The Labute approximate surface area is 282 Å². The Hall–Kier alpha value is -4.85. The lowest BCUT2D eigenvalue weighted by Gasteiger charge is -2.39. The van der Waals surface area contributed by atoms with Gasteiger partial charge >= 0.3 is 12.1 Å². The van der Waals surface area contributed by atoms with Crippen LogP contribution in [0.25, 0.3) is 16.8 Å². The van der Waals surface area contributed by atoms with Gasteiger partial charge in [-0.15, -0.1) is 0 Å². The molecule has 2 atom stereocenters. The van der Waals surface area contributed by atoms with E-state index in [4.69, 9.17) is 19.9 Å². The number of benzene rings is 2. The topological polar surface area (TPSA) is 130 Å². The van der Waals surface area contributed by atoms with E-state index in [0.29, 0.717) is 62.1 Å². The number of nitrogens with one attached hydrogen (secondary N) is 1. The van der Waals surface area contributed by atoms with Gasteiger partial charge in [-0.25, -0.2) is 4.68 Å². The molecule has 2 aliphatic rings. The van der Waals surface area contributed by atoms with Gasteiger partial charge in [0.25, 0.3) is 0 Å². The molecule has 14 heteroatoms. The van der Waals surface area contributed by atoms with Gasteiger partial charge in [-0.1, -0.05) is 24.3 Å². The molecule has 2 aliphatic heterocycles. The maximum absolute atomic E-state index is 14.9. The summed E-state index contributed by atoms with van der Waals surface area (Å²) < 4.78 is 62.5. The standard InChI is InChI=1S/C35H40F3N7O4/c1-4-47-25-9-6-23(7-10-25)24-8-11-26(28(18-24)45-15-12-22(3)43-45)31(35(36,37)38)49-30-19-29(41-33(39)42-30)44-16-13-34(14-17-44)20-27(40-21-34)32(46)48-5-2/h6-12,15,18-19,27,31,40H,4-5,13-14,16-17,20-21H2,1-3H3,(H2,39,41,42)/t27-,31+/m0/s1. The van der Waals surface area contributed by atoms with E-state index in [1.807, 2.05) is 36.1 Å². The Morgan fingerprint density at radius 1 is 1.04 bits per heavy atom. The normalized spacial score (nSPS) is 18.0. The lowest BCUT2D eigenvalue weighted by molar-refractivity contribution is -0.198. The van der Waals surface area contributed by atoms with Crippen molar-refractivity contribution in [3.8, 4) is 28.4 Å². The van der Waals surface area contributed by atoms with Gasteiger partial charge < -0.3 is 30.2 Å². The van der Waals surface area contributed by atoms with Crippen molar-refractivity contribution < 1.29 is 32.2 Å². The zero-order chi connectivity index (χ0) is 34.8. The molecule has 1 spiro atoms. The van der Waals surface area contributed by atoms with Crippen LogP contribution in [0.4, 0.5) is 24.9 Å². The maximum Gasteiger partial charge on any atom is 0.429 e. The highest BCUT2D eigenvalue weighted by Gasteiger charge is 2.46. The van der Waals surface area contributed by atoms with Crippen LogP contribution in [0.3, 0.4) is 0 Å². The van der Waals surface area contributed by atoms with Crippen LogP contribution in [0.15, 0.2) is 60.8 Å². The van der Waals surface area contributed by atoms with Gasteiger partial charge in [0.1, 0.15) is 17.6 Å². The first-order chi connectivity index (χ1) is 23.5. The van der Waals surface area contributed by atoms with Crippen molar-refractivity contribution in [1.82, 2.24) is 25.1 Å². The van der Waals surface area contributed by atoms with Crippen molar-refractivity contribution in [2.24, 2.45) is 5.41 Å². The van der Waals surface area contributed by atoms with Crippen LogP contribution < -0.4 is 25.4 Å². The fourth-order valence-electron chi connectivity index (χ4n) is 6.60. The quantitative estimate of drug-likeness (QED) is 0.198. The SMILES string of the molecule is CCOC(=O)[C@@H]1CC2(CCN(c3cc(O[C@H](c4ccc(-c5ccc(OCC)cc5)cc4-n4ccc(C)n4)C(F)(F)F)nc(N)n3)CC2)CN1. The molecule has 0 bridgehead atoms. The molecule has 3 N–H and O–H groups in total. The van der Waals surface area contributed by atoms with E-state index in [1.165, 1.54) is 16.8 Å². The van der Waals surface area contributed by atoms with Crippen molar-refractivity contribution in [3.63, 3.8) is 0 Å². The lowest BCUT2D eigenvalue weighted by Crippen LogP contribution is -2.41. The summed E-state index contributed by atoms with van der Waals surface area (Å²) in [4.78, 5) is 22.6. The molecule has 11 nitrogen and oxygen atoms in total. The van der Waals surface area contributed by atoms with Crippen LogP contribution in [0, 0.1) is 12.3 Å². The Balaban J connectivity index is 1.26. The second-order valence-electron chi connectivity index (χ2n) is 12.5. The third kappa shape index (κ3) is 7.58. The number of hydrogen-bond acceptors (Lipinski definition) is 10. The number of piperidine rings is 1. The van der Waals surface area contributed by atoms with Crippen LogP contribution in [-0.2, 0) is 9.53 Å². The summed E-state index contributed by atoms with van der Waals surface area (Å²) in [5.74, 6) is 0.325. The molecule has 2 saturated heterocycles. The highest BCUT2D eigenvalue weighted by Crippen LogP contribution is 2.43. The van der Waals surface area contributed by atoms with Crippen LogP contribution in [-0.4, -0.2) is 70.8 Å². The summed E-state index contributed by atoms with van der Waals surface area (Å²) in [7, 11) is 0. The molecule has 0 radical (unpaired) electrons. The number of carbonyl (C=O) groups excluding carboxylic acids is 1. The molecule has 2 aromatic heterocycles. The van der Waals surface area contributed by atoms with Gasteiger partial charge in [0.05, 0.1) is 24.6 Å². The number of halogens is 3. The van der Waals surface area contributed by atoms with Crippen LogP contribution in [0.2, 0.25) is 0 Å². The van der Waals surface area contributed by atoms with E-state index in [9.17, 15) is 18.0 Å². The summed E-state index contributed by atoms with van der Waals surface area (Å²) in [6.07, 6.45) is -3.41. The zero-order valence-corrected chi connectivity index (χ0v) is 27.7. The number of carbonyl (C=O) groups is 1. The second-order valence-corrected chi connectivity index (χ2v) is 12.5. The van der Waals surface area contributed by atoms with Crippen molar-refractivity contribution >= 4 is 17.7 Å². The first-order valence-corrected chi connectivity index (χ1v) is 16.4. The van der Waals surface area contributed by atoms with E-state index in [0.717, 1.165) is 18.4 Å². The Morgan fingerprint density at radius 2 is 1.78 bits per heavy atom. The summed E-state index contributed by atoms with van der Waals surface area (Å²) in [6.45, 7) is 8.12. The molecule has 0 aliphatic carbocycles. The number of anilines is 2. The van der Waals surface area contributed by atoms with Crippen molar-refractivity contribution in [3.05, 3.63) is 72.1 Å². The Bertz CT molecular complexity index is 1770. The highest BCUT2D eigenvalue weighted by molar-refractivity contribution is 5.76. The monoisotopic (exact) mass is 679 g/mol. The Morgan fingerprint density at radius 3 is 2.43 bits per heavy atom. The van der Waals surface area contributed by atoms with Crippen molar-refractivity contribution in [2.75, 3.05) is 43.5 Å². The fourth-order valence-corrected chi connectivity index (χ4v) is 6.60. The van der Waals surface area contributed by atoms with Crippen LogP contribution in [0.1, 0.15) is 50.5 Å². The molecule has 6 rings (SSSR count). The molecule has 0 saturated carbocycles. The number of rotatable bonds is 10. The molecule has 260 valence electrons. The minimum atomic E-state index is -4.82. The van der Waals surface area contributed by atoms with Crippen LogP contribution in [0.5, 0.6) is 11.6 Å². The smallest absolute Gasteiger partial charge is 0.429 e. The summed E-state index contributed by atoms with van der Waals surface area (Å²) >= 11 is 0. The second kappa shape index (κ2) is 13.9. The number of ether oxygens (including phenoxy) is 3. The number of esters is 1. The molecular weight excluding hydrogens is 639 g/mol. The third-order valence-corrected chi connectivity index (χ3v) is 9.10. The molecule has 4 aromatic rings. The zero-order valence-electron chi connectivity index (χ0n) is 27.7. The molecule has 49 heavy (non-hydrogen) atoms. The van der Waals surface area contributed by atoms with Crippen LogP contribution >= 0.6 is 0 Å². The highest BCUT2D eigenvalue weighted by atomic mass is 19.4. The largest absolute Gasteiger partial charge is 0.494 e. The average molecular weight is 680 g/mol. The van der Waals surface area contributed by atoms with Gasteiger partial charge in [0.2, 0.25) is 17.9 Å². The van der Waals surface area contributed by atoms with Gasteiger partial charge in [0, 0.05) is 37.5 Å². The number of nitrogen functional groups attached to an aromatic ring is 1. The van der Waals surface area contributed by atoms with Crippen molar-refractivity contribution in [1.29, 1.82) is 0 Å². The number of nitrogens with zero attached hydrogens (tertiary/aromatic N) is 5. The fraction of sp³-hybridized carbons (Fsp3) is 0.429. The number of alkyl halides is 3. The van der Waals surface area contributed by atoms with E-state index in [1.54, 1.807) is 38.2 Å². The first kappa shape index (κ1) is 34.0. The average Bonchev–Trinajstić information content (AvgIpc) is 3.70. The van der Waals surface area contributed by atoms with E-state index in [-0.39, 0.29) is 40.5 Å². The molecule has 0 amide bonds. The lowest BCUT2D eigenvalue weighted by atomic mass is 9.76. The first-order valence-electron chi connectivity index (χ1n) is 16.4. The van der Waals surface area contributed by atoms with Gasteiger partial charge in [-0.2, -0.15) is 28.2 Å². The molecule has 4 heterocycles. The maximum atomic E-state index is 14.9. The number of aryl methyl sites for hydroxylation is 1. The van der Waals surface area contributed by atoms with Gasteiger partial charge in [-0.3, -0.25) is 4.79 Å². The minimum absolute atomic E-state index is 0.0774. The number of aromatic nitrogens is 4. The predicted octanol–water partition coefficient (Wildman–Crippen LogP) is 5.81. The molecule has 0 unspecified atom stereocenters. The summed E-state index contributed by atoms with van der Waals surface area (Å²) in [5, 5.41) is 7.71. The van der Waals surface area contributed by atoms with E-state index >= 15 is 0 Å². The number of hydrogen-bond donors (Lipinski definition) is 2. The summed E-state index contributed by atoms with van der Waals surface area (Å²) in [6, 6.07) is 14.8. The molecule has 2 fully saturated rings. The van der Waals surface area contributed by atoms with E-state index in [2.05, 4.69) is 20.4 Å². The third-order valence-electron chi connectivity index (χ3n) is 9.10. The predicted molar refractivity (Wildman–Crippen MR) is 178 cm³/mol. The van der Waals surface area contributed by atoms with Gasteiger partial charge in [-0.05, 0) is 80.8 Å². The number of nitrogens with two attached hydrogens (primary N) is 1.